The molecule has 0 aliphatic heterocycles. The van der Waals surface area contributed by atoms with E-state index >= 15 is 0 Å². The van der Waals surface area contributed by atoms with Gasteiger partial charge in [0.05, 0.1) is 16.3 Å². The number of hydrogen-bond donors (Lipinski definition) is 1. The molecule has 0 bridgehead atoms. The molecule has 1 aromatic carbocycles. The van der Waals surface area contributed by atoms with E-state index in [2.05, 4.69) is 24.8 Å². The summed E-state index contributed by atoms with van der Waals surface area (Å²) in [6.07, 6.45) is 3.67. The first-order chi connectivity index (χ1) is 14.4. The predicted octanol–water partition coefficient (Wildman–Crippen LogP) is 2.63. The van der Waals surface area contributed by atoms with Gasteiger partial charge in [-0.2, -0.15) is 8.76 Å². The Balaban J connectivity index is 1.57. The minimum absolute atomic E-state index is 0.00146. The number of nitrogens with zero attached hydrogens (tertiary/aromatic N) is 4. The molecule has 1 amide bonds. The summed E-state index contributed by atoms with van der Waals surface area (Å²) in [4.78, 5) is 25.8. The highest BCUT2D eigenvalue weighted by Gasteiger charge is 2.36. The topological polar surface area (TPSA) is 124 Å². The molecule has 3 aromatic rings. The number of amides is 1. The number of nitrogens with one attached hydrogen (secondary N) is 1. The van der Waals surface area contributed by atoms with Crippen LogP contribution >= 0.6 is 22.9 Å². The minimum Gasteiger partial charge on any atom is -0.388 e. The Hall–Kier alpha value is -2.77. The van der Waals surface area contributed by atoms with E-state index in [9.17, 15) is 17.6 Å². The van der Waals surface area contributed by atoms with Gasteiger partial charge in [0.1, 0.15) is 6.33 Å². The number of oxime groups is 1. The summed E-state index contributed by atoms with van der Waals surface area (Å²) >= 11 is 1.79. The summed E-state index contributed by atoms with van der Waals surface area (Å²) in [5.41, 5.74) is 0.210. The van der Waals surface area contributed by atoms with Crippen molar-refractivity contribution in [2.45, 2.75) is 29.6 Å². The molecule has 0 saturated heterocycles. The number of halogens is 1. The zero-order chi connectivity index (χ0) is 21.1. The molecule has 0 unspecified atom stereocenters. The van der Waals surface area contributed by atoms with Crippen molar-refractivity contribution in [3.05, 3.63) is 52.5 Å². The highest BCUT2D eigenvalue weighted by Crippen LogP contribution is 2.33. The molecule has 0 spiro atoms. The van der Waals surface area contributed by atoms with Crippen LogP contribution in [0.4, 0.5) is 9.52 Å². The van der Waals surface area contributed by atoms with Crippen molar-refractivity contribution in [1.29, 1.82) is 0 Å². The van der Waals surface area contributed by atoms with E-state index in [1.165, 1.54) is 30.6 Å². The summed E-state index contributed by atoms with van der Waals surface area (Å²) in [6, 6.07) is 5.81. The van der Waals surface area contributed by atoms with Crippen LogP contribution in [-0.4, -0.2) is 39.6 Å². The molecule has 13 heteroatoms. The van der Waals surface area contributed by atoms with E-state index in [1.54, 1.807) is 0 Å². The number of aromatic nitrogens is 3. The molecule has 2 aromatic heterocycles. The van der Waals surface area contributed by atoms with Gasteiger partial charge in [-0.15, -0.1) is 0 Å². The molecule has 4 rings (SSSR count). The van der Waals surface area contributed by atoms with Crippen molar-refractivity contribution in [2.75, 3.05) is 5.32 Å². The number of rotatable bonds is 8. The summed E-state index contributed by atoms with van der Waals surface area (Å²) in [6.45, 7) is 0.00146. The van der Waals surface area contributed by atoms with Gasteiger partial charge in [-0.25, -0.2) is 18.4 Å². The van der Waals surface area contributed by atoms with Gasteiger partial charge in [0, 0.05) is 5.56 Å². The van der Waals surface area contributed by atoms with Gasteiger partial charge >= 0.3 is 0 Å². The molecule has 1 aliphatic rings. The number of sulfone groups is 1. The largest absolute Gasteiger partial charge is 0.388 e. The first-order valence-electron chi connectivity index (χ1n) is 8.66. The van der Waals surface area contributed by atoms with Gasteiger partial charge in [0.2, 0.25) is 0 Å². The van der Waals surface area contributed by atoms with Gasteiger partial charge in [-0.3, -0.25) is 10.1 Å². The van der Waals surface area contributed by atoms with Crippen LogP contribution in [0.25, 0.3) is 0 Å². The Bertz CT molecular complexity index is 1170. The number of hydrogen-bond acceptors (Lipinski definition) is 10. The van der Waals surface area contributed by atoms with Crippen molar-refractivity contribution in [2.24, 2.45) is 5.16 Å². The SMILES string of the molecule is O=C(Nc1ncc(F)s1)/C(=N/OCc1ncns1)c1ccc(S(=O)(=O)C2CC2)cc1. The fourth-order valence-corrected chi connectivity index (χ4v) is 5.09. The second kappa shape index (κ2) is 8.53. The second-order valence-electron chi connectivity index (χ2n) is 6.24. The van der Waals surface area contributed by atoms with Crippen LogP contribution in [0.2, 0.25) is 0 Å². The van der Waals surface area contributed by atoms with Gasteiger partial charge in [0.15, 0.2) is 37.4 Å². The van der Waals surface area contributed by atoms with Crippen LogP contribution in [0.5, 0.6) is 0 Å². The molecule has 1 N–H and O–H groups in total. The van der Waals surface area contributed by atoms with Gasteiger partial charge in [-0.05, 0) is 36.5 Å². The van der Waals surface area contributed by atoms with Crippen LogP contribution in [-0.2, 0) is 26.1 Å². The third kappa shape index (κ3) is 4.68. The fraction of sp³-hybridized carbons (Fsp3) is 0.235. The fourth-order valence-electron chi connectivity index (χ4n) is 2.48. The Labute approximate surface area is 178 Å². The van der Waals surface area contributed by atoms with E-state index in [-0.39, 0.29) is 27.6 Å². The molecule has 1 aliphatic carbocycles. The summed E-state index contributed by atoms with van der Waals surface area (Å²) in [7, 11) is -3.36. The highest BCUT2D eigenvalue weighted by atomic mass is 32.2. The average Bonchev–Trinajstić information content (AvgIpc) is 3.34. The van der Waals surface area contributed by atoms with Crippen molar-refractivity contribution < 1.29 is 22.4 Å². The summed E-state index contributed by atoms with van der Waals surface area (Å²) in [5, 5.41) is 6.07. The van der Waals surface area contributed by atoms with Crippen molar-refractivity contribution in [3.8, 4) is 0 Å². The third-order valence-corrected chi connectivity index (χ3v) is 7.70. The quantitative estimate of drug-likeness (QED) is 0.399. The molecule has 1 fully saturated rings. The number of benzene rings is 1. The monoisotopic (exact) mass is 467 g/mol. The van der Waals surface area contributed by atoms with E-state index in [1.807, 2.05) is 0 Å². The zero-order valence-electron chi connectivity index (χ0n) is 15.2. The summed E-state index contributed by atoms with van der Waals surface area (Å²) < 4.78 is 41.8. The minimum atomic E-state index is -3.36. The molecule has 30 heavy (non-hydrogen) atoms. The summed E-state index contributed by atoms with van der Waals surface area (Å²) in [5.74, 6) is -0.681. The number of carbonyl (C=O) groups excluding carboxylic acids is 1. The lowest BCUT2D eigenvalue weighted by atomic mass is 10.1. The Morgan fingerprint density at radius 1 is 1.27 bits per heavy atom. The molecule has 156 valence electrons. The maximum Gasteiger partial charge on any atom is 0.280 e. The normalized spacial score (nSPS) is 14.5. The first-order valence-corrected chi connectivity index (χ1v) is 11.8. The number of anilines is 1. The van der Waals surface area contributed by atoms with Gasteiger partial charge in [0.25, 0.3) is 5.91 Å². The molecule has 9 nitrogen and oxygen atoms in total. The van der Waals surface area contributed by atoms with Crippen LogP contribution in [0.1, 0.15) is 23.4 Å². The zero-order valence-corrected chi connectivity index (χ0v) is 17.6. The maximum absolute atomic E-state index is 13.2. The van der Waals surface area contributed by atoms with E-state index < -0.39 is 20.9 Å². The van der Waals surface area contributed by atoms with Gasteiger partial charge < -0.3 is 4.84 Å². The van der Waals surface area contributed by atoms with Crippen LogP contribution in [0, 0.1) is 5.13 Å². The molecular weight excluding hydrogens is 453 g/mol. The van der Waals surface area contributed by atoms with Gasteiger partial charge in [-0.1, -0.05) is 28.6 Å². The molecule has 0 radical (unpaired) electrons. The second-order valence-corrected chi connectivity index (χ2v) is 10.3. The van der Waals surface area contributed by atoms with E-state index in [4.69, 9.17) is 4.84 Å². The standard InChI is InChI=1S/C17H14FN5O4S3/c18-13-7-19-17(28-13)22-16(24)15(23-27-8-14-20-9-21-29-14)10-1-3-11(4-2-10)30(25,26)12-5-6-12/h1-4,7,9,12H,5-6,8H2,(H,19,22,24)/b23-15+. The predicted molar refractivity (Wildman–Crippen MR) is 109 cm³/mol. The third-order valence-electron chi connectivity index (χ3n) is 4.08. The Kier molecular flexibility index (Phi) is 5.83. The number of thiazole rings is 1. The van der Waals surface area contributed by atoms with E-state index in [0.717, 1.165) is 17.7 Å². The maximum atomic E-state index is 13.2. The molecule has 2 heterocycles. The first kappa shape index (κ1) is 20.5. The molecular formula is C17H14FN5O4S3. The van der Waals surface area contributed by atoms with E-state index in [0.29, 0.717) is 34.7 Å². The number of carbonyl (C=O) groups is 1. The van der Waals surface area contributed by atoms with Crippen LogP contribution < -0.4 is 5.32 Å². The lowest BCUT2D eigenvalue weighted by Crippen LogP contribution is -2.24. The van der Waals surface area contributed by atoms with Crippen molar-refractivity contribution in [1.82, 2.24) is 14.3 Å². The smallest absolute Gasteiger partial charge is 0.280 e. The van der Waals surface area contributed by atoms with Crippen LogP contribution in [0.3, 0.4) is 0 Å². The molecule has 0 atom stereocenters. The lowest BCUT2D eigenvalue weighted by molar-refractivity contribution is -0.110. The average molecular weight is 468 g/mol. The lowest BCUT2D eigenvalue weighted by Gasteiger charge is -2.08. The van der Waals surface area contributed by atoms with Crippen molar-refractivity contribution in [3.63, 3.8) is 0 Å². The molecule has 1 saturated carbocycles. The van der Waals surface area contributed by atoms with Crippen molar-refractivity contribution >= 4 is 49.5 Å². The highest BCUT2D eigenvalue weighted by molar-refractivity contribution is 7.92. The Morgan fingerprint density at radius 2 is 2.03 bits per heavy atom. The Morgan fingerprint density at radius 3 is 2.63 bits per heavy atom. The van der Waals surface area contributed by atoms with Crippen LogP contribution in [0.15, 0.2) is 46.8 Å².